The van der Waals surface area contributed by atoms with Gasteiger partial charge in [-0.1, -0.05) is 22.0 Å². The summed E-state index contributed by atoms with van der Waals surface area (Å²) in [5.41, 5.74) is 7.30. The maximum Gasteiger partial charge on any atom is 0.148 e. The zero-order chi connectivity index (χ0) is 14.0. The molecule has 0 unspecified atom stereocenters. The largest absolute Gasteiger partial charge is 0.495 e. The number of para-hydroxylation sites is 1. The predicted molar refractivity (Wildman–Crippen MR) is 79.6 cm³/mol. The smallest absolute Gasteiger partial charge is 0.148 e. The summed E-state index contributed by atoms with van der Waals surface area (Å²) in [7, 11) is 3.32. The van der Waals surface area contributed by atoms with Gasteiger partial charge >= 0.3 is 0 Å². The van der Waals surface area contributed by atoms with Gasteiger partial charge in [0.05, 0.1) is 18.5 Å². The second-order valence-corrected chi connectivity index (χ2v) is 4.97. The highest BCUT2D eigenvalue weighted by molar-refractivity contribution is 9.10. The lowest BCUT2D eigenvalue weighted by Gasteiger charge is -2.24. The Labute approximate surface area is 119 Å². The molecule has 3 nitrogen and oxygen atoms in total. The second kappa shape index (κ2) is 5.48. The number of hydrogen-bond acceptors (Lipinski definition) is 3. The lowest BCUT2D eigenvalue weighted by atomic mass is 10.2. The number of anilines is 3. The van der Waals surface area contributed by atoms with Crippen LogP contribution in [-0.2, 0) is 0 Å². The van der Waals surface area contributed by atoms with Gasteiger partial charge in [-0.3, -0.25) is 0 Å². The molecule has 2 aromatic carbocycles. The topological polar surface area (TPSA) is 38.5 Å². The summed E-state index contributed by atoms with van der Waals surface area (Å²) in [6.07, 6.45) is 0. The maximum absolute atomic E-state index is 13.9. The van der Waals surface area contributed by atoms with Crippen molar-refractivity contribution in [2.75, 3.05) is 24.8 Å². The first-order chi connectivity index (χ1) is 9.04. The Bertz CT molecular complexity index is 584. The van der Waals surface area contributed by atoms with Crippen LogP contribution < -0.4 is 15.4 Å². The van der Waals surface area contributed by atoms with Crippen molar-refractivity contribution >= 4 is 33.0 Å². The van der Waals surface area contributed by atoms with E-state index >= 15 is 0 Å². The summed E-state index contributed by atoms with van der Waals surface area (Å²) in [5.74, 6) is 0.276. The average Bonchev–Trinajstić information content (AvgIpc) is 2.38. The van der Waals surface area contributed by atoms with Gasteiger partial charge in [0.1, 0.15) is 17.3 Å². The van der Waals surface area contributed by atoms with Crippen LogP contribution in [0.3, 0.4) is 0 Å². The number of methoxy groups -OCH3 is 1. The minimum absolute atomic E-state index is 0.332. The summed E-state index contributed by atoms with van der Waals surface area (Å²) in [6.45, 7) is 0. The van der Waals surface area contributed by atoms with E-state index in [1.165, 1.54) is 6.07 Å². The van der Waals surface area contributed by atoms with Gasteiger partial charge < -0.3 is 15.4 Å². The van der Waals surface area contributed by atoms with Crippen LogP contribution in [0.25, 0.3) is 0 Å². The SMILES string of the molecule is COc1ccc(Br)cc1N(C)c1c(N)cccc1F. The predicted octanol–water partition coefficient (Wildman–Crippen LogP) is 3.95. The van der Waals surface area contributed by atoms with Crippen LogP contribution in [-0.4, -0.2) is 14.2 Å². The van der Waals surface area contributed by atoms with Crippen molar-refractivity contribution in [1.29, 1.82) is 0 Å². The molecular formula is C14H14BrFN2O. The summed E-state index contributed by atoms with van der Waals surface area (Å²) >= 11 is 3.40. The van der Waals surface area contributed by atoms with E-state index < -0.39 is 0 Å². The molecule has 0 aliphatic rings. The molecule has 0 amide bonds. The van der Waals surface area contributed by atoms with Crippen molar-refractivity contribution in [3.8, 4) is 5.75 Å². The number of benzene rings is 2. The molecule has 0 radical (unpaired) electrons. The van der Waals surface area contributed by atoms with Crippen molar-refractivity contribution in [1.82, 2.24) is 0 Å². The molecule has 2 aromatic rings. The first-order valence-corrected chi connectivity index (χ1v) is 6.45. The molecule has 5 heteroatoms. The minimum atomic E-state index is -0.371. The molecule has 0 saturated heterocycles. The van der Waals surface area contributed by atoms with Gasteiger partial charge in [-0.25, -0.2) is 4.39 Å². The van der Waals surface area contributed by atoms with E-state index in [0.717, 1.165) is 10.2 Å². The zero-order valence-electron chi connectivity index (χ0n) is 10.7. The van der Waals surface area contributed by atoms with Gasteiger partial charge in [0.15, 0.2) is 0 Å². The molecule has 2 N–H and O–H groups in total. The molecule has 0 spiro atoms. The quantitative estimate of drug-likeness (QED) is 0.869. The van der Waals surface area contributed by atoms with E-state index in [1.54, 1.807) is 31.2 Å². The highest BCUT2D eigenvalue weighted by atomic mass is 79.9. The van der Waals surface area contributed by atoms with Crippen LogP contribution in [0.4, 0.5) is 21.5 Å². The minimum Gasteiger partial charge on any atom is -0.495 e. The number of ether oxygens (including phenoxy) is 1. The third-order valence-electron chi connectivity index (χ3n) is 2.86. The Hall–Kier alpha value is -1.75. The number of nitrogens with zero attached hydrogens (tertiary/aromatic N) is 1. The number of rotatable bonds is 3. The van der Waals surface area contributed by atoms with E-state index in [1.807, 2.05) is 18.2 Å². The third-order valence-corrected chi connectivity index (χ3v) is 3.35. The van der Waals surface area contributed by atoms with Gasteiger partial charge in [0.25, 0.3) is 0 Å². The van der Waals surface area contributed by atoms with E-state index in [2.05, 4.69) is 15.9 Å². The van der Waals surface area contributed by atoms with E-state index in [9.17, 15) is 4.39 Å². The molecule has 0 atom stereocenters. The van der Waals surface area contributed by atoms with Crippen LogP contribution in [0.2, 0.25) is 0 Å². The Kier molecular flexibility index (Phi) is 3.95. The first-order valence-electron chi connectivity index (χ1n) is 5.66. The third kappa shape index (κ3) is 2.66. The fourth-order valence-electron chi connectivity index (χ4n) is 1.93. The number of nitrogens with two attached hydrogens (primary N) is 1. The van der Waals surface area contributed by atoms with E-state index in [-0.39, 0.29) is 5.82 Å². The number of nitrogen functional groups attached to an aromatic ring is 1. The lowest BCUT2D eigenvalue weighted by Crippen LogP contribution is -2.14. The molecule has 19 heavy (non-hydrogen) atoms. The van der Waals surface area contributed by atoms with Crippen molar-refractivity contribution in [2.45, 2.75) is 0 Å². The van der Waals surface area contributed by atoms with Crippen LogP contribution in [0.5, 0.6) is 5.75 Å². The first kappa shape index (κ1) is 13.7. The molecule has 100 valence electrons. The van der Waals surface area contributed by atoms with Gasteiger partial charge in [-0.05, 0) is 30.3 Å². The van der Waals surface area contributed by atoms with Crippen LogP contribution in [0, 0.1) is 5.82 Å². The molecule has 0 aromatic heterocycles. The summed E-state index contributed by atoms with van der Waals surface area (Å²) < 4.78 is 20.1. The fourth-order valence-corrected chi connectivity index (χ4v) is 2.28. The molecule has 0 aliphatic carbocycles. The average molecular weight is 325 g/mol. The Balaban J connectivity index is 2.55. The standard InChI is InChI=1S/C14H14BrFN2O/c1-18(14-10(16)4-3-5-11(14)17)12-8-9(15)6-7-13(12)19-2/h3-8H,17H2,1-2H3. The summed E-state index contributed by atoms with van der Waals surface area (Å²) in [4.78, 5) is 1.67. The van der Waals surface area contributed by atoms with Gasteiger partial charge in [0, 0.05) is 11.5 Å². The zero-order valence-corrected chi connectivity index (χ0v) is 12.2. The molecule has 0 fully saturated rings. The van der Waals surface area contributed by atoms with Crippen molar-refractivity contribution in [3.05, 3.63) is 46.7 Å². The molecule has 2 rings (SSSR count). The van der Waals surface area contributed by atoms with E-state index in [0.29, 0.717) is 17.1 Å². The molecule has 0 saturated carbocycles. The van der Waals surface area contributed by atoms with Crippen molar-refractivity contribution in [3.63, 3.8) is 0 Å². The normalized spacial score (nSPS) is 10.3. The van der Waals surface area contributed by atoms with Crippen LogP contribution in [0.1, 0.15) is 0 Å². The van der Waals surface area contributed by atoms with Gasteiger partial charge in [-0.15, -0.1) is 0 Å². The van der Waals surface area contributed by atoms with Crippen LogP contribution >= 0.6 is 15.9 Å². The molecular weight excluding hydrogens is 311 g/mol. The Morgan fingerprint density at radius 1 is 1.26 bits per heavy atom. The molecule has 0 aliphatic heterocycles. The highest BCUT2D eigenvalue weighted by Gasteiger charge is 2.16. The monoisotopic (exact) mass is 324 g/mol. The molecule has 0 heterocycles. The maximum atomic E-state index is 13.9. The summed E-state index contributed by atoms with van der Waals surface area (Å²) in [5, 5.41) is 0. The Morgan fingerprint density at radius 3 is 2.63 bits per heavy atom. The van der Waals surface area contributed by atoms with Crippen LogP contribution in [0.15, 0.2) is 40.9 Å². The van der Waals surface area contributed by atoms with Gasteiger partial charge in [0.2, 0.25) is 0 Å². The number of hydrogen-bond donors (Lipinski definition) is 1. The Morgan fingerprint density at radius 2 is 2.00 bits per heavy atom. The van der Waals surface area contributed by atoms with Crippen molar-refractivity contribution < 1.29 is 9.13 Å². The molecule has 0 bridgehead atoms. The van der Waals surface area contributed by atoms with Crippen molar-refractivity contribution in [2.24, 2.45) is 0 Å². The second-order valence-electron chi connectivity index (χ2n) is 4.05. The highest BCUT2D eigenvalue weighted by Crippen LogP contribution is 2.38. The van der Waals surface area contributed by atoms with E-state index in [4.69, 9.17) is 10.5 Å². The summed E-state index contributed by atoms with van der Waals surface area (Å²) in [6, 6.07) is 10.2. The van der Waals surface area contributed by atoms with Gasteiger partial charge in [-0.2, -0.15) is 0 Å². The number of halogens is 2. The fraction of sp³-hybridized carbons (Fsp3) is 0.143. The lowest BCUT2D eigenvalue weighted by molar-refractivity contribution is 0.415.